The van der Waals surface area contributed by atoms with Crippen molar-refractivity contribution in [2.75, 3.05) is 32.7 Å². The summed E-state index contributed by atoms with van der Waals surface area (Å²) in [5.74, 6) is 0.922. The maximum absolute atomic E-state index is 12.7. The fraction of sp³-hybridized carbons (Fsp3) is 0.727. The Balaban J connectivity index is 2.08. The molecule has 0 spiro atoms. The number of sulfonamides is 1. The molecule has 0 saturated carbocycles. The second-order valence-corrected chi connectivity index (χ2v) is 11.3. The molecule has 0 aliphatic carbocycles. The van der Waals surface area contributed by atoms with Crippen LogP contribution in [0.25, 0.3) is 0 Å². The van der Waals surface area contributed by atoms with Crippen molar-refractivity contribution in [1.82, 2.24) is 19.1 Å². The van der Waals surface area contributed by atoms with Crippen LogP contribution < -0.4 is 10.9 Å². The molecule has 1 fully saturated rings. The molecular formula is C22H38N4O4S. The molecule has 2 heterocycles. The van der Waals surface area contributed by atoms with E-state index in [1.807, 2.05) is 0 Å². The summed E-state index contributed by atoms with van der Waals surface area (Å²) in [5.41, 5.74) is -0.621. The van der Waals surface area contributed by atoms with Crippen molar-refractivity contribution in [2.45, 2.75) is 64.9 Å². The molecule has 1 N–H and O–H groups in total. The fourth-order valence-corrected chi connectivity index (χ4v) is 5.77. The van der Waals surface area contributed by atoms with Crippen LogP contribution in [0.1, 0.15) is 48.0 Å². The lowest BCUT2D eigenvalue weighted by molar-refractivity contribution is -0.122. The standard InChI is InChI=1S/C22H38N4O4S/c1-7-26(8-2)31(29,30)19-9-10-21(28)24(14-19)15-20(27)23-16-22(5,6)25-12-17(3)11-18(4)13-25/h9-10,14,17-18H,7-8,11-13,15-16H2,1-6H3,(H,23,27). The van der Waals surface area contributed by atoms with Crippen LogP contribution in [0, 0.1) is 11.8 Å². The van der Waals surface area contributed by atoms with Gasteiger partial charge in [0.1, 0.15) is 6.54 Å². The number of likely N-dealkylation sites (tertiary alicyclic amines) is 1. The topological polar surface area (TPSA) is 91.7 Å². The summed E-state index contributed by atoms with van der Waals surface area (Å²) in [6.07, 6.45) is 2.48. The second-order valence-electron chi connectivity index (χ2n) is 9.36. The molecule has 1 aromatic heterocycles. The number of nitrogens with one attached hydrogen (secondary N) is 1. The Kier molecular flexibility index (Phi) is 8.47. The Hall–Kier alpha value is -1.71. The van der Waals surface area contributed by atoms with Gasteiger partial charge in [-0.1, -0.05) is 27.7 Å². The second kappa shape index (κ2) is 10.3. The SMILES string of the molecule is CCN(CC)S(=O)(=O)c1ccc(=O)n(CC(=O)NCC(C)(C)N2CC(C)CC(C)C2)c1. The van der Waals surface area contributed by atoms with E-state index < -0.39 is 15.6 Å². The molecule has 0 aromatic carbocycles. The first-order valence-corrected chi connectivity index (χ1v) is 12.6. The zero-order valence-corrected chi connectivity index (χ0v) is 20.5. The van der Waals surface area contributed by atoms with E-state index in [1.165, 1.54) is 29.1 Å². The first-order chi connectivity index (χ1) is 14.4. The highest BCUT2D eigenvalue weighted by molar-refractivity contribution is 7.89. The van der Waals surface area contributed by atoms with E-state index in [0.717, 1.165) is 17.7 Å². The molecule has 0 bridgehead atoms. The van der Waals surface area contributed by atoms with Gasteiger partial charge in [-0.25, -0.2) is 8.42 Å². The average Bonchev–Trinajstić information content (AvgIpc) is 2.68. The lowest BCUT2D eigenvalue weighted by atomic mass is 9.88. The Labute approximate surface area is 186 Å². The molecule has 1 aromatic rings. The third-order valence-corrected chi connectivity index (χ3v) is 8.09. The van der Waals surface area contributed by atoms with E-state index in [2.05, 4.69) is 37.9 Å². The summed E-state index contributed by atoms with van der Waals surface area (Å²) in [6.45, 7) is 15.2. The Morgan fingerprint density at radius 3 is 2.29 bits per heavy atom. The maximum Gasteiger partial charge on any atom is 0.251 e. The number of hydrogen-bond donors (Lipinski definition) is 1. The number of carbonyl (C=O) groups is 1. The van der Waals surface area contributed by atoms with Crippen molar-refractivity contribution in [3.63, 3.8) is 0 Å². The van der Waals surface area contributed by atoms with Crippen LogP contribution in [0.2, 0.25) is 0 Å². The van der Waals surface area contributed by atoms with Gasteiger partial charge in [-0.15, -0.1) is 0 Å². The van der Waals surface area contributed by atoms with Crippen molar-refractivity contribution in [3.05, 3.63) is 28.7 Å². The highest BCUT2D eigenvalue weighted by Gasteiger charge is 2.33. The molecule has 1 saturated heterocycles. The lowest BCUT2D eigenvalue weighted by Crippen LogP contribution is -2.56. The Morgan fingerprint density at radius 2 is 1.74 bits per heavy atom. The molecule has 1 aliphatic heterocycles. The lowest BCUT2D eigenvalue weighted by Gasteiger charge is -2.45. The Bertz CT molecular complexity index is 912. The summed E-state index contributed by atoms with van der Waals surface area (Å²) in [5, 5.41) is 2.93. The van der Waals surface area contributed by atoms with Crippen molar-refractivity contribution in [1.29, 1.82) is 0 Å². The molecule has 2 atom stereocenters. The van der Waals surface area contributed by atoms with Gasteiger partial charge in [-0.3, -0.25) is 14.5 Å². The van der Waals surface area contributed by atoms with Gasteiger partial charge in [0.05, 0.1) is 4.90 Å². The Morgan fingerprint density at radius 1 is 1.16 bits per heavy atom. The van der Waals surface area contributed by atoms with Crippen molar-refractivity contribution >= 4 is 15.9 Å². The van der Waals surface area contributed by atoms with Crippen molar-refractivity contribution in [3.8, 4) is 0 Å². The number of aromatic nitrogens is 1. The van der Waals surface area contributed by atoms with Gasteiger partial charge in [0.2, 0.25) is 15.9 Å². The third-order valence-electron chi connectivity index (χ3n) is 6.06. The van der Waals surface area contributed by atoms with Gasteiger partial charge < -0.3 is 9.88 Å². The van der Waals surface area contributed by atoms with Gasteiger partial charge >= 0.3 is 0 Å². The number of amides is 1. The average molecular weight is 455 g/mol. The minimum atomic E-state index is -3.70. The number of nitrogens with zero attached hydrogens (tertiary/aromatic N) is 3. The molecule has 176 valence electrons. The van der Waals surface area contributed by atoms with Gasteiger partial charge in [-0.2, -0.15) is 4.31 Å². The van der Waals surface area contributed by atoms with E-state index in [4.69, 9.17) is 0 Å². The molecular weight excluding hydrogens is 416 g/mol. The summed E-state index contributed by atoms with van der Waals surface area (Å²) < 4.78 is 27.9. The van der Waals surface area contributed by atoms with E-state index in [1.54, 1.807) is 13.8 Å². The summed E-state index contributed by atoms with van der Waals surface area (Å²) in [4.78, 5) is 27.2. The van der Waals surface area contributed by atoms with Crippen LogP contribution in [-0.2, 0) is 21.4 Å². The van der Waals surface area contributed by atoms with E-state index in [0.29, 0.717) is 31.5 Å². The van der Waals surface area contributed by atoms with Crippen LogP contribution in [0.5, 0.6) is 0 Å². The van der Waals surface area contributed by atoms with Crippen LogP contribution in [0.15, 0.2) is 28.0 Å². The van der Waals surface area contributed by atoms with Crippen molar-refractivity contribution in [2.24, 2.45) is 11.8 Å². The van der Waals surface area contributed by atoms with E-state index in [-0.39, 0.29) is 22.9 Å². The first-order valence-electron chi connectivity index (χ1n) is 11.1. The van der Waals surface area contributed by atoms with Gasteiger partial charge in [-0.05, 0) is 38.2 Å². The number of hydrogen-bond acceptors (Lipinski definition) is 5. The molecule has 9 heteroatoms. The maximum atomic E-state index is 12.7. The van der Waals surface area contributed by atoms with E-state index in [9.17, 15) is 18.0 Å². The fourth-order valence-electron chi connectivity index (χ4n) is 4.29. The molecule has 2 unspecified atom stereocenters. The van der Waals surface area contributed by atoms with Gasteiger partial charge in [0.15, 0.2) is 0 Å². The zero-order valence-electron chi connectivity index (χ0n) is 19.7. The zero-order chi connectivity index (χ0) is 23.4. The minimum absolute atomic E-state index is 0.0141. The minimum Gasteiger partial charge on any atom is -0.353 e. The molecule has 1 aliphatic rings. The third kappa shape index (κ3) is 6.40. The van der Waals surface area contributed by atoms with Gasteiger partial charge in [0.25, 0.3) is 5.56 Å². The molecule has 2 rings (SSSR count). The number of pyridine rings is 1. The molecule has 0 radical (unpaired) electrons. The summed E-state index contributed by atoms with van der Waals surface area (Å²) in [6, 6.07) is 2.50. The summed E-state index contributed by atoms with van der Waals surface area (Å²) >= 11 is 0. The smallest absolute Gasteiger partial charge is 0.251 e. The predicted octanol–water partition coefficient (Wildman–Crippen LogP) is 1.75. The molecule has 8 nitrogen and oxygen atoms in total. The highest BCUT2D eigenvalue weighted by atomic mass is 32.2. The van der Waals surface area contributed by atoms with Gasteiger partial charge in [0, 0.05) is 50.5 Å². The summed E-state index contributed by atoms with van der Waals surface area (Å²) in [7, 11) is -3.70. The normalized spacial score (nSPS) is 20.7. The van der Waals surface area contributed by atoms with Crippen molar-refractivity contribution < 1.29 is 13.2 Å². The number of piperidine rings is 1. The number of carbonyl (C=O) groups excluding carboxylic acids is 1. The largest absolute Gasteiger partial charge is 0.353 e. The predicted molar refractivity (Wildman–Crippen MR) is 122 cm³/mol. The quantitative estimate of drug-likeness (QED) is 0.614. The number of rotatable bonds is 9. The monoisotopic (exact) mass is 454 g/mol. The molecule has 1 amide bonds. The van der Waals surface area contributed by atoms with Crippen LogP contribution >= 0.6 is 0 Å². The van der Waals surface area contributed by atoms with Crippen LogP contribution in [0.4, 0.5) is 0 Å². The van der Waals surface area contributed by atoms with E-state index >= 15 is 0 Å². The highest BCUT2D eigenvalue weighted by Crippen LogP contribution is 2.26. The van der Waals surface area contributed by atoms with Crippen LogP contribution in [-0.4, -0.2) is 66.4 Å². The van der Waals surface area contributed by atoms with Crippen LogP contribution in [0.3, 0.4) is 0 Å². The first kappa shape index (κ1) is 25.5. The molecule has 31 heavy (non-hydrogen) atoms.